The van der Waals surface area contributed by atoms with Crippen LogP contribution in [0.1, 0.15) is 179 Å². The van der Waals surface area contributed by atoms with Gasteiger partial charge in [0.1, 0.15) is 5.56 Å². The minimum Gasteiger partial charge on any atom is -0.478 e. The summed E-state index contributed by atoms with van der Waals surface area (Å²) in [5.74, 6) is -7.68. The summed E-state index contributed by atoms with van der Waals surface area (Å²) in [7, 11) is 3.42. The van der Waals surface area contributed by atoms with E-state index in [9.17, 15) is 114 Å². The molecule has 7 N–H and O–H groups in total. The van der Waals surface area contributed by atoms with Crippen molar-refractivity contribution >= 4 is 110 Å². The Morgan fingerprint density at radius 1 is 0.409 bits per heavy atom. The molecule has 1 heterocycles. The van der Waals surface area contributed by atoms with Crippen LogP contribution < -0.4 is 5.73 Å². The maximum absolute atomic E-state index is 11.9. The molecule has 0 bridgehead atoms. The van der Waals surface area contributed by atoms with Gasteiger partial charge >= 0.3 is 41.8 Å². The largest absolute Gasteiger partial charge is 0.478 e. The van der Waals surface area contributed by atoms with Crippen molar-refractivity contribution in [1.82, 2.24) is 9.88 Å². The van der Waals surface area contributed by atoms with Gasteiger partial charge in [0.2, 0.25) is 22.3 Å². The van der Waals surface area contributed by atoms with Gasteiger partial charge in [-0.2, -0.15) is 0 Å². The molecule has 8 rings (SSSR count). The number of nitrogen functional groups attached to an aromatic ring is 1. The summed E-state index contributed by atoms with van der Waals surface area (Å²) >= 11 is 0. The summed E-state index contributed by atoms with van der Waals surface area (Å²) in [6, 6.07) is 27.8. The fourth-order valence-corrected chi connectivity index (χ4v) is 8.88. The molecule has 1 aromatic heterocycles. The first-order valence-corrected chi connectivity index (χ1v) is 30.1. The predicted molar refractivity (Wildman–Crippen MR) is 424 cm³/mol. The zero-order chi connectivity index (χ0) is 81.6. The molecule has 7 aromatic carbocycles. The van der Waals surface area contributed by atoms with Crippen LogP contribution in [0.15, 0.2) is 128 Å². The molecule has 0 unspecified atom stereocenters. The third kappa shape index (κ3) is 32.5. The van der Waals surface area contributed by atoms with Crippen molar-refractivity contribution in [2.45, 2.75) is 107 Å². The van der Waals surface area contributed by atoms with E-state index in [2.05, 4.69) is 9.72 Å². The maximum Gasteiger partial charge on any atom is 0.352 e. The Hall–Kier alpha value is -14.6. The number of fused-ring (bicyclic) bond motifs is 1. The maximum atomic E-state index is 11.9. The second-order valence-corrected chi connectivity index (χ2v) is 21.2. The van der Waals surface area contributed by atoms with E-state index in [1.165, 1.54) is 59.0 Å². The number of anilines is 1. The van der Waals surface area contributed by atoms with Gasteiger partial charge in [-0.3, -0.25) is 80.9 Å². The van der Waals surface area contributed by atoms with E-state index in [-0.39, 0.29) is 110 Å². The van der Waals surface area contributed by atoms with Crippen LogP contribution in [0.4, 0.5) is 51.2 Å². The Morgan fingerprint density at radius 2 is 0.713 bits per heavy atom. The summed E-state index contributed by atoms with van der Waals surface area (Å²) in [6.07, 6.45) is 4.69. The number of H-pyrrole nitrogens is 1. The topological polar surface area (TPSA) is 618 Å². The number of aromatic carboxylic acids is 4. The first-order chi connectivity index (χ1) is 50.0. The Labute approximate surface area is 669 Å². The number of ether oxygens (including phenoxy) is 3. The van der Waals surface area contributed by atoms with Crippen LogP contribution >= 0.6 is 0 Å². The third-order valence-electron chi connectivity index (χ3n) is 13.5. The van der Waals surface area contributed by atoms with Gasteiger partial charge in [-0.1, -0.05) is 93.4 Å². The first-order valence-electron chi connectivity index (χ1n) is 30.1. The van der Waals surface area contributed by atoms with Gasteiger partial charge in [-0.15, -0.1) is 0 Å². The molecule has 41 nitrogen and oxygen atoms in total. The molecule has 0 fully saturated rings. The number of hydrogen-bond acceptors (Lipinski definition) is 28. The van der Waals surface area contributed by atoms with Crippen molar-refractivity contribution < 1.29 is 124 Å². The zero-order valence-corrected chi connectivity index (χ0v) is 59.1. The Bertz CT molecular complexity index is 4680. The molecule has 0 spiro atoms. The number of carbonyl (C=O) groups excluding carboxylic acids is 3. The normalized spacial score (nSPS) is 9.27. The van der Waals surface area contributed by atoms with Crippen LogP contribution in [0.5, 0.6) is 0 Å². The number of aromatic amines is 1. The molecule has 0 radical (unpaired) electrons. The number of aryl methyl sites for hydroxylation is 5. The standard InChI is InChI=1S/C13H15N3O6.C11H12N2O2.C10H10N2O6.2C8H6N2O6.2C8H8O2.7CH4.Ni/c1-4-22-13(17)11-10(15(18)19)6-5-9(7-8-14(2)3)12(11)16(20)21;1-2-15-11(14)9-8(12)4-3-7-5-6-13-10(7)9;1-3-18-10(13)8-7(11(14)15)5-4-6(2)9(8)12(16)17;2*1-4-2-3-5(9(13)14)6(8(11)12)7(4)10(15)16;2*1-6-3-2-4-7(5-6)8(9)10;;;;;;;;/h5-8H,4H2,1-3H3;3-6,13H,2,12H2,1H3;4-5H,3H2,1-2H3;2*2-3H,1H3,(H,11,12);2*2-5H,1H3,(H,9,10);7*1H4;/b8-7+;;;;;;;;;;;;;;. The number of aromatic nitrogens is 1. The van der Waals surface area contributed by atoms with Gasteiger partial charge in [0.25, 0.3) is 45.5 Å². The van der Waals surface area contributed by atoms with E-state index < -0.39 is 143 Å². The van der Waals surface area contributed by atoms with Crippen molar-refractivity contribution in [2.24, 2.45) is 0 Å². The number of rotatable bonds is 20. The average Bonchev–Trinajstić information content (AvgIpc) is 1.75. The Morgan fingerprint density at radius 3 is 0.991 bits per heavy atom. The van der Waals surface area contributed by atoms with E-state index in [1.807, 2.05) is 38.1 Å². The van der Waals surface area contributed by atoms with Gasteiger partial charge in [0.15, 0.2) is 0 Å². The van der Waals surface area contributed by atoms with Crippen LogP contribution in [0, 0.1) is 116 Å². The van der Waals surface area contributed by atoms with E-state index in [0.717, 1.165) is 58.4 Å². The van der Waals surface area contributed by atoms with Crippen molar-refractivity contribution in [3.8, 4) is 0 Å². The summed E-state index contributed by atoms with van der Waals surface area (Å²) in [5.41, 5.74) is 1.67. The number of hydrogen-bond donors (Lipinski definition) is 6. The van der Waals surface area contributed by atoms with E-state index in [4.69, 9.17) is 35.6 Å². The second kappa shape index (κ2) is 53.3. The molecule has 0 amide bonds. The molecule has 0 aliphatic carbocycles. The van der Waals surface area contributed by atoms with Crippen LogP contribution in [0.3, 0.4) is 0 Å². The number of carboxylic acids is 4. The van der Waals surface area contributed by atoms with Crippen molar-refractivity contribution in [2.75, 3.05) is 39.6 Å². The van der Waals surface area contributed by atoms with Gasteiger partial charge in [0, 0.05) is 88.8 Å². The number of nitrogens with two attached hydrogens (primary N) is 1. The molecule has 8 aromatic rings. The van der Waals surface area contributed by atoms with Gasteiger partial charge in [-0.05, 0) is 128 Å². The number of carbonyl (C=O) groups is 7. The molecule has 0 saturated carbocycles. The van der Waals surface area contributed by atoms with Gasteiger partial charge in [0.05, 0.1) is 81.4 Å². The molecule has 0 aliphatic rings. The predicted octanol–water partition coefficient (Wildman–Crippen LogP) is 17.0. The summed E-state index contributed by atoms with van der Waals surface area (Å²) in [5, 5.41) is 122. The second-order valence-electron chi connectivity index (χ2n) is 21.2. The van der Waals surface area contributed by atoms with Crippen LogP contribution in [-0.4, -0.2) is 145 Å². The van der Waals surface area contributed by atoms with Crippen LogP contribution in [-0.2, 0) is 30.7 Å². The molecule has 42 heteroatoms. The van der Waals surface area contributed by atoms with E-state index >= 15 is 0 Å². The van der Waals surface area contributed by atoms with Crippen LogP contribution in [0.2, 0.25) is 0 Å². The fraction of sp³-hybridized carbons (Fsp3) is 0.274. The third-order valence-corrected chi connectivity index (χ3v) is 13.5. The average molecular weight is 1660 g/mol. The quantitative estimate of drug-likeness (QED) is 0.0103. The summed E-state index contributed by atoms with van der Waals surface area (Å²) in [4.78, 5) is 161. The summed E-state index contributed by atoms with van der Waals surface area (Å²) in [6.45, 7) is 12.8. The molecule has 0 saturated heterocycles. The minimum absolute atomic E-state index is 0. The molecule has 630 valence electrons. The monoisotopic (exact) mass is 1660 g/mol. The van der Waals surface area contributed by atoms with Gasteiger partial charge < -0.3 is 50.3 Å². The number of nitrogens with one attached hydrogen (secondary N) is 1. The number of nitro benzene ring substituents is 8. The first kappa shape index (κ1) is 114. The Kier molecular flexibility index (Phi) is 52.7. The van der Waals surface area contributed by atoms with E-state index in [0.29, 0.717) is 29.0 Å². The van der Waals surface area contributed by atoms with Crippen molar-refractivity contribution in [3.05, 3.63) is 281 Å². The number of benzene rings is 7. The van der Waals surface area contributed by atoms with E-state index in [1.54, 1.807) is 74.6 Å². The SMILES string of the molecule is C.C.C.C.C.C.C.CCOC(=O)c1c(N)ccc2cc[nH]c12.CCOC(=O)c1c([N+](=O)[O-])ccc(/C=C/N(C)C)c1[N+](=O)[O-].CCOC(=O)c1c([N+](=O)[O-])ccc(C)c1[N+](=O)[O-].Cc1ccc([N+](=O)[O-])c(C(=O)O)c1[N+](=O)[O-].Cc1ccc([N+](=O)[O-])c(C(=O)O)c1[N+](=O)[O-].Cc1cccc(C(=O)O)c1.Cc1cccc(C(=O)O)c1.[Ni]. The number of nitro groups is 8. The zero-order valence-electron chi connectivity index (χ0n) is 58.1. The molecular formula is C73H93N11NiO30. The molecule has 0 atom stereocenters. The molecular weight excluding hydrogens is 1570 g/mol. The fourth-order valence-electron chi connectivity index (χ4n) is 8.88. The van der Waals surface area contributed by atoms with Crippen LogP contribution in [0.25, 0.3) is 17.0 Å². The number of nitrogens with zero attached hydrogens (tertiary/aromatic N) is 9. The van der Waals surface area contributed by atoms with Gasteiger partial charge in [-0.25, -0.2) is 33.6 Å². The number of esters is 3. The number of carboxylic acid groups (broad SMARTS) is 4. The van der Waals surface area contributed by atoms with Crippen molar-refractivity contribution in [1.29, 1.82) is 0 Å². The van der Waals surface area contributed by atoms with Crippen molar-refractivity contribution in [3.63, 3.8) is 0 Å². The molecule has 115 heavy (non-hydrogen) atoms. The Balaban J connectivity index is -0.000000237. The minimum atomic E-state index is -1.69. The summed E-state index contributed by atoms with van der Waals surface area (Å²) < 4.78 is 14.3. The molecule has 0 aliphatic heterocycles. The smallest absolute Gasteiger partial charge is 0.352 e.